The van der Waals surface area contributed by atoms with Crippen LogP contribution in [0.15, 0.2) is 0 Å². The van der Waals surface area contributed by atoms with Gasteiger partial charge in [0.05, 0.1) is 0 Å². The minimum Gasteiger partial charge on any atom is -0.352 e. The zero-order chi connectivity index (χ0) is 13.1. The number of amides is 3. The fraction of sp³-hybridized carbons (Fsp3) is 0.778. The van der Waals surface area contributed by atoms with Crippen molar-refractivity contribution in [2.24, 2.45) is 0 Å². The van der Waals surface area contributed by atoms with Crippen LogP contribution in [0, 0.1) is 0 Å². The Labute approximate surface area is 96.3 Å². The molecule has 1 aliphatic rings. The third-order valence-electron chi connectivity index (χ3n) is 2.11. The highest BCUT2D eigenvalue weighted by molar-refractivity contribution is 5.84. The maximum absolute atomic E-state index is 11.8. The molecule has 0 heterocycles. The van der Waals surface area contributed by atoms with E-state index in [1.54, 1.807) is 5.32 Å². The first kappa shape index (κ1) is 13.6. The molecule has 0 aliphatic heterocycles. The molecular weight excluding hydrogens is 239 g/mol. The molecule has 8 heteroatoms. The van der Waals surface area contributed by atoms with Gasteiger partial charge in [0.15, 0.2) is 0 Å². The van der Waals surface area contributed by atoms with E-state index in [9.17, 15) is 22.8 Å². The van der Waals surface area contributed by atoms with Gasteiger partial charge in [0.2, 0.25) is 5.91 Å². The quantitative estimate of drug-likeness (QED) is 0.765. The van der Waals surface area contributed by atoms with E-state index in [0.29, 0.717) is 0 Å². The molecule has 0 aromatic rings. The van der Waals surface area contributed by atoms with Crippen LogP contribution in [0.25, 0.3) is 0 Å². The van der Waals surface area contributed by atoms with Gasteiger partial charge in [-0.25, -0.2) is 4.79 Å². The van der Waals surface area contributed by atoms with Crippen molar-refractivity contribution in [3.05, 3.63) is 0 Å². The maximum atomic E-state index is 11.8. The number of urea groups is 1. The van der Waals surface area contributed by atoms with Gasteiger partial charge in [0, 0.05) is 13.1 Å². The van der Waals surface area contributed by atoms with Crippen LogP contribution < -0.4 is 10.6 Å². The van der Waals surface area contributed by atoms with Gasteiger partial charge in [-0.1, -0.05) is 0 Å². The number of nitrogens with zero attached hydrogens (tertiary/aromatic N) is 1. The highest BCUT2D eigenvalue weighted by Crippen LogP contribution is 2.18. The second kappa shape index (κ2) is 5.24. The van der Waals surface area contributed by atoms with Crippen molar-refractivity contribution < 1.29 is 22.8 Å². The lowest BCUT2D eigenvalue weighted by Crippen LogP contribution is -2.46. The lowest BCUT2D eigenvalue weighted by molar-refractivity contribution is -0.123. The number of likely N-dealkylation sites (N-methyl/N-ethyl adjacent to an activating group) is 1. The third-order valence-corrected chi connectivity index (χ3v) is 2.11. The minimum atomic E-state index is -4.45. The van der Waals surface area contributed by atoms with Crippen LogP contribution in [0.4, 0.5) is 18.0 Å². The number of alkyl halides is 3. The van der Waals surface area contributed by atoms with Crippen molar-refractivity contribution in [3.63, 3.8) is 0 Å². The van der Waals surface area contributed by atoms with Gasteiger partial charge in [-0.05, 0) is 12.8 Å². The first-order valence-corrected chi connectivity index (χ1v) is 5.13. The Hall–Kier alpha value is -1.47. The van der Waals surface area contributed by atoms with Gasteiger partial charge < -0.3 is 15.5 Å². The molecule has 0 aromatic heterocycles. The summed E-state index contributed by atoms with van der Waals surface area (Å²) < 4.78 is 35.4. The van der Waals surface area contributed by atoms with E-state index in [2.05, 4.69) is 5.32 Å². The van der Waals surface area contributed by atoms with Crippen LogP contribution in [0.3, 0.4) is 0 Å². The Morgan fingerprint density at radius 2 is 1.94 bits per heavy atom. The normalized spacial score (nSPS) is 15.3. The fourth-order valence-corrected chi connectivity index (χ4v) is 1.10. The first-order chi connectivity index (χ1) is 7.78. The summed E-state index contributed by atoms with van der Waals surface area (Å²) in [6.45, 7) is -1.65. The van der Waals surface area contributed by atoms with Gasteiger partial charge in [-0.3, -0.25) is 4.79 Å². The highest BCUT2D eigenvalue weighted by atomic mass is 19.4. The molecule has 1 aliphatic carbocycles. The van der Waals surface area contributed by atoms with Gasteiger partial charge in [0.1, 0.15) is 13.1 Å². The lowest BCUT2D eigenvalue weighted by atomic mass is 10.5. The summed E-state index contributed by atoms with van der Waals surface area (Å²) in [7, 11) is 1.26. The maximum Gasteiger partial charge on any atom is 0.405 e. The Bertz CT molecular complexity index is 302. The topological polar surface area (TPSA) is 61.4 Å². The Balaban J connectivity index is 2.23. The second-order valence-corrected chi connectivity index (χ2v) is 3.97. The minimum absolute atomic E-state index is 0.161. The predicted octanol–water partition coefficient (Wildman–Crippen LogP) is 0.469. The number of nitrogens with one attached hydrogen (secondary N) is 2. The summed E-state index contributed by atoms with van der Waals surface area (Å²) in [6, 6.07) is -0.762. The molecule has 1 fully saturated rings. The van der Waals surface area contributed by atoms with E-state index >= 15 is 0 Å². The van der Waals surface area contributed by atoms with Crippen LogP contribution in [0.5, 0.6) is 0 Å². The molecule has 0 unspecified atom stereocenters. The third kappa shape index (κ3) is 5.98. The van der Waals surface area contributed by atoms with E-state index < -0.39 is 18.8 Å². The van der Waals surface area contributed by atoms with Gasteiger partial charge in [0.25, 0.3) is 0 Å². The average molecular weight is 253 g/mol. The van der Waals surface area contributed by atoms with Gasteiger partial charge in [-0.15, -0.1) is 0 Å². The number of carbonyl (C=O) groups is 2. The molecule has 2 N–H and O–H groups in total. The Kier molecular flexibility index (Phi) is 4.19. The van der Waals surface area contributed by atoms with Crippen LogP contribution in [-0.4, -0.2) is 49.2 Å². The van der Waals surface area contributed by atoms with Crippen LogP contribution in [0.1, 0.15) is 12.8 Å². The van der Waals surface area contributed by atoms with Crippen molar-refractivity contribution in [1.29, 1.82) is 0 Å². The summed E-state index contributed by atoms with van der Waals surface area (Å²) in [5, 5.41) is 4.31. The molecule has 0 spiro atoms. The lowest BCUT2D eigenvalue weighted by Gasteiger charge is -2.18. The fourth-order valence-electron chi connectivity index (χ4n) is 1.10. The van der Waals surface area contributed by atoms with E-state index in [1.165, 1.54) is 7.05 Å². The van der Waals surface area contributed by atoms with Gasteiger partial charge in [-0.2, -0.15) is 13.2 Å². The van der Waals surface area contributed by atoms with Crippen molar-refractivity contribution in [1.82, 2.24) is 15.5 Å². The van der Waals surface area contributed by atoms with E-state index in [4.69, 9.17) is 0 Å². The highest BCUT2D eigenvalue weighted by Gasteiger charge is 2.29. The molecule has 98 valence electrons. The smallest absolute Gasteiger partial charge is 0.352 e. The van der Waals surface area contributed by atoms with E-state index in [-0.39, 0.29) is 18.5 Å². The molecule has 5 nitrogen and oxygen atoms in total. The van der Waals surface area contributed by atoms with E-state index in [0.717, 1.165) is 17.7 Å². The molecule has 0 aromatic carbocycles. The number of hydrogen-bond acceptors (Lipinski definition) is 2. The zero-order valence-corrected chi connectivity index (χ0v) is 9.30. The molecule has 0 atom stereocenters. The summed E-state index contributed by atoms with van der Waals surface area (Å²) in [5.41, 5.74) is 0. The standard InChI is InChI=1S/C9H14F3N3O2/c1-15(4-7(16)14-6-2-3-6)8(17)13-5-9(10,11)12/h6H,2-5H2,1H3,(H,13,17)(H,14,16). The average Bonchev–Trinajstić information content (AvgIpc) is 2.96. The largest absolute Gasteiger partial charge is 0.405 e. The summed E-state index contributed by atoms with van der Waals surface area (Å²) in [6.07, 6.45) is -2.63. The van der Waals surface area contributed by atoms with Crippen molar-refractivity contribution in [2.45, 2.75) is 25.1 Å². The van der Waals surface area contributed by atoms with Crippen molar-refractivity contribution >= 4 is 11.9 Å². The number of rotatable bonds is 4. The predicted molar refractivity (Wildman–Crippen MR) is 53.2 cm³/mol. The molecule has 0 saturated heterocycles. The van der Waals surface area contributed by atoms with Crippen LogP contribution in [-0.2, 0) is 4.79 Å². The Morgan fingerprint density at radius 3 is 2.41 bits per heavy atom. The summed E-state index contributed by atoms with van der Waals surface area (Å²) in [5.74, 6) is -0.364. The Morgan fingerprint density at radius 1 is 1.35 bits per heavy atom. The summed E-state index contributed by atoms with van der Waals surface area (Å²) >= 11 is 0. The molecule has 0 radical (unpaired) electrons. The number of hydrogen-bond donors (Lipinski definition) is 2. The molecular formula is C9H14F3N3O2. The molecule has 0 bridgehead atoms. The van der Waals surface area contributed by atoms with Gasteiger partial charge >= 0.3 is 12.2 Å². The van der Waals surface area contributed by atoms with E-state index in [1.807, 2.05) is 0 Å². The molecule has 17 heavy (non-hydrogen) atoms. The number of carbonyl (C=O) groups excluding carboxylic acids is 2. The van der Waals surface area contributed by atoms with Crippen LogP contribution in [0.2, 0.25) is 0 Å². The first-order valence-electron chi connectivity index (χ1n) is 5.13. The molecule has 1 saturated carbocycles. The SMILES string of the molecule is CN(CC(=O)NC1CC1)C(=O)NCC(F)(F)F. The second-order valence-electron chi connectivity index (χ2n) is 3.97. The van der Waals surface area contributed by atoms with Crippen molar-refractivity contribution in [2.75, 3.05) is 20.1 Å². The number of halogens is 3. The van der Waals surface area contributed by atoms with Crippen molar-refractivity contribution in [3.8, 4) is 0 Å². The molecule has 3 amide bonds. The summed E-state index contributed by atoms with van der Waals surface area (Å²) in [4.78, 5) is 23.3. The molecule has 1 rings (SSSR count). The zero-order valence-electron chi connectivity index (χ0n) is 9.30. The monoisotopic (exact) mass is 253 g/mol. The van der Waals surface area contributed by atoms with Crippen LogP contribution >= 0.6 is 0 Å².